The molecule has 1 unspecified atom stereocenters. The van der Waals surface area contributed by atoms with Crippen molar-refractivity contribution in [3.8, 4) is 5.75 Å². The van der Waals surface area contributed by atoms with Crippen LogP contribution < -0.4 is 15.4 Å². The van der Waals surface area contributed by atoms with Crippen LogP contribution in [0.4, 0.5) is 0 Å². The Morgan fingerprint density at radius 2 is 2.00 bits per heavy atom. The summed E-state index contributed by atoms with van der Waals surface area (Å²) in [4.78, 5) is 4.64. The molecule has 1 heterocycles. The number of ether oxygens (including phenoxy) is 3. The molecule has 6 heteroatoms. The zero-order chi connectivity index (χ0) is 20.6. The zero-order valence-electron chi connectivity index (χ0n) is 18.3. The van der Waals surface area contributed by atoms with E-state index in [0.29, 0.717) is 5.92 Å². The lowest BCUT2D eigenvalue weighted by atomic mass is 10.1. The Morgan fingerprint density at radius 1 is 1.14 bits per heavy atom. The highest BCUT2D eigenvalue weighted by Gasteiger charge is 2.15. The molecule has 164 valence electrons. The molecule has 0 radical (unpaired) electrons. The Labute approximate surface area is 176 Å². The molecule has 0 amide bonds. The van der Waals surface area contributed by atoms with Crippen molar-refractivity contribution in [3.05, 3.63) is 29.8 Å². The average Bonchev–Trinajstić information content (AvgIpc) is 3.25. The van der Waals surface area contributed by atoms with Gasteiger partial charge in [0.25, 0.3) is 0 Å². The van der Waals surface area contributed by atoms with Gasteiger partial charge in [0.05, 0.1) is 19.8 Å². The van der Waals surface area contributed by atoms with Crippen molar-refractivity contribution in [2.45, 2.75) is 46.0 Å². The Balaban J connectivity index is 1.60. The largest absolute Gasteiger partial charge is 0.494 e. The Kier molecular flexibility index (Phi) is 12.2. The first-order valence-electron chi connectivity index (χ1n) is 11.2. The molecule has 0 aromatic heterocycles. The van der Waals surface area contributed by atoms with Gasteiger partial charge in [0.1, 0.15) is 5.75 Å². The molecular weight excluding hydrogens is 366 g/mol. The molecule has 1 aromatic rings. The molecule has 1 aromatic carbocycles. The molecule has 29 heavy (non-hydrogen) atoms. The van der Waals surface area contributed by atoms with Crippen LogP contribution in [0.3, 0.4) is 0 Å². The van der Waals surface area contributed by atoms with Crippen LogP contribution in [-0.4, -0.2) is 58.6 Å². The molecule has 2 rings (SSSR count). The van der Waals surface area contributed by atoms with E-state index in [0.717, 1.165) is 96.5 Å². The summed E-state index contributed by atoms with van der Waals surface area (Å²) >= 11 is 0. The van der Waals surface area contributed by atoms with E-state index in [9.17, 15) is 0 Å². The van der Waals surface area contributed by atoms with Gasteiger partial charge >= 0.3 is 0 Å². The van der Waals surface area contributed by atoms with Gasteiger partial charge in [-0.1, -0.05) is 25.5 Å². The monoisotopic (exact) mass is 405 g/mol. The van der Waals surface area contributed by atoms with Crippen LogP contribution in [0.15, 0.2) is 29.3 Å². The second-order valence-electron chi connectivity index (χ2n) is 7.44. The number of rotatable bonds is 14. The molecular formula is C23H39N3O3. The number of aliphatic imine (C=N–C) groups is 1. The van der Waals surface area contributed by atoms with Crippen molar-refractivity contribution in [1.29, 1.82) is 0 Å². The third kappa shape index (κ3) is 10.5. The van der Waals surface area contributed by atoms with Gasteiger partial charge in [0, 0.05) is 38.8 Å². The van der Waals surface area contributed by atoms with Crippen LogP contribution in [0.5, 0.6) is 5.75 Å². The van der Waals surface area contributed by atoms with Gasteiger partial charge in [0.15, 0.2) is 5.96 Å². The number of nitrogens with one attached hydrogen (secondary N) is 2. The highest BCUT2D eigenvalue weighted by atomic mass is 16.5. The van der Waals surface area contributed by atoms with E-state index >= 15 is 0 Å². The molecule has 0 aliphatic carbocycles. The van der Waals surface area contributed by atoms with Crippen LogP contribution in [-0.2, 0) is 15.9 Å². The lowest BCUT2D eigenvalue weighted by Crippen LogP contribution is -2.38. The minimum Gasteiger partial charge on any atom is -0.494 e. The summed E-state index contributed by atoms with van der Waals surface area (Å²) in [6.45, 7) is 10.8. The molecule has 0 saturated carbocycles. The summed E-state index contributed by atoms with van der Waals surface area (Å²) in [5, 5.41) is 6.72. The van der Waals surface area contributed by atoms with E-state index in [1.165, 1.54) is 5.56 Å². The average molecular weight is 406 g/mol. The minimum absolute atomic E-state index is 0.578. The summed E-state index contributed by atoms with van der Waals surface area (Å²) in [6, 6.07) is 8.39. The fourth-order valence-corrected chi connectivity index (χ4v) is 3.08. The van der Waals surface area contributed by atoms with Crippen molar-refractivity contribution in [2.24, 2.45) is 10.9 Å². The summed E-state index contributed by atoms with van der Waals surface area (Å²) < 4.78 is 16.8. The maximum Gasteiger partial charge on any atom is 0.191 e. The molecule has 1 atom stereocenters. The van der Waals surface area contributed by atoms with Gasteiger partial charge in [-0.15, -0.1) is 0 Å². The number of nitrogens with zero attached hydrogens (tertiary/aromatic N) is 1. The van der Waals surface area contributed by atoms with Crippen molar-refractivity contribution < 1.29 is 14.2 Å². The molecule has 1 fully saturated rings. The van der Waals surface area contributed by atoms with Crippen molar-refractivity contribution in [1.82, 2.24) is 10.6 Å². The summed E-state index contributed by atoms with van der Waals surface area (Å²) in [5.41, 5.74) is 1.29. The predicted molar refractivity (Wildman–Crippen MR) is 119 cm³/mol. The number of hydrogen-bond acceptors (Lipinski definition) is 4. The maximum atomic E-state index is 5.74. The van der Waals surface area contributed by atoms with Crippen LogP contribution in [0.25, 0.3) is 0 Å². The second kappa shape index (κ2) is 15.1. The SMILES string of the molecule is CCCCOc1ccc(CCNC(=NCCCOCC2CCOC2)NCC)cc1. The van der Waals surface area contributed by atoms with Crippen molar-refractivity contribution in [2.75, 3.05) is 52.7 Å². The van der Waals surface area contributed by atoms with Crippen LogP contribution >= 0.6 is 0 Å². The number of benzene rings is 1. The van der Waals surface area contributed by atoms with Gasteiger partial charge < -0.3 is 24.8 Å². The fraction of sp³-hybridized carbons (Fsp3) is 0.696. The summed E-state index contributed by atoms with van der Waals surface area (Å²) in [5.74, 6) is 2.40. The first-order valence-corrected chi connectivity index (χ1v) is 11.2. The third-order valence-corrected chi connectivity index (χ3v) is 4.83. The Hall–Kier alpha value is -1.79. The van der Waals surface area contributed by atoms with Gasteiger partial charge in [0.2, 0.25) is 0 Å². The highest BCUT2D eigenvalue weighted by molar-refractivity contribution is 5.79. The number of unbranched alkanes of at least 4 members (excludes halogenated alkanes) is 1. The first kappa shape index (κ1) is 23.5. The lowest BCUT2D eigenvalue weighted by molar-refractivity contribution is 0.0893. The van der Waals surface area contributed by atoms with Gasteiger partial charge in [-0.05, 0) is 50.3 Å². The molecule has 0 spiro atoms. The molecule has 2 N–H and O–H groups in total. The van der Waals surface area contributed by atoms with Crippen molar-refractivity contribution in [3.63, 3.8) is 0 Å². The van der Waals surface area contributed by atoms with E-state index in [4.69, 9.17) is 14.2 Å². The highest BCUT2D eigenvalue weighted by Crippen LogP contribution is 2.13. The van der Waals surface area contributed by atoms with Crippen LogP contribution in [0, 0.1) is 5.92 Å². The van der Waals surface area contributed by atoms with Gasteiger partial charge in [-0.2, -0.15) is 0 Å². The fourth-order valence-electron chi connectivity index (χ4n) is 3.08. The summed E-state index contributed by atoms with van der Waals surface area (Å²) in [6.07, 6.45) is 5.26. The Morgan fingerprint density at radius 3 is 2.72 bits per heavy atom. The molecule has 0 bridgehead atoms. The van der Waals surface area contributed by atoms with E-state index in [2.05, 4.69) is 53.7 Å². The quantitative estimate of drug-likeness (QED) is 0.282. The predicted octanol–water partition coefficient (Wildman–Crippen LogP) is 3.41. The third-order valence-electron chi connectivity index (χ3n) is 4.83. The van der Waals surface area contributed by atoms with E-state index in [-0.39, 0.29) is 0 Å². The molecule has 1 aliphatic heterocycles. The Bertz CT molecular complexity index is 557. The minimum atomic E-state index is 0.578. The normalized spacial score (nSPS) is 16.8. The van der Waals surface area contributed by atoms with E-state index in [1.54, 1.807) is 0 Å². The second-order valence-corrected chi connectivity index (χ2v) is 7.44. The standard InChI is InChI=1S/C23H39N3O3/c1-3-5-16-29-22-9-7-20(8-10-22)11-14-26-23(24-4-2)25-13-6-15-27-18-21-12-17-28-19-21/h7-10,21H,3-6,11-19H2,1-2H3,(H2,24,25,26). The number of hydrogen-bond donors (Lipinski definition) is 2. The smallest absolute Gasteiger partial charge is 0.191 e. The lowest BCUT2D eigenvalue weighted by Gasteiger charge is -2.12. The van der Waals surface area contributed by atoms with Gasteiger partial charge in [-0.3, -0.25) is 4.99 Å². The molecule has 1 saturated heterocycles. The van der Waals surface area contributed by atoms with Gasteiger partial charge in [-0.25, -0.2) is 0 Å². The van der Waals surface area contributed by atoms with Crippen LogP contribution in [0.2, 0.25) is 0 Å². The first-order chi connectivity index (χ1) is 14.3. The number of guanidine groups is 1. The molecule has 1 aliphatic rings. The topological polar surface area (TPSA) is 64.1 Å². The van der Waals surface area contributed by atoms with E-state index < -0.39 is 0 Å². The zero-order valence-corrected chi connectivity index (χ0v) is 18.3. The summed E-state index contributed by atoms with van der Waals surface area (Å²) in [7, 11) is 0. The van der Waals surface area contributed by atoms with E-state index in [1.807, 2.05) is 0 Å². The molecule has 6 nitrogen and oxygen atoms in total. The maximum absolute atomic E-state index is 5.74. The van der Waals surface area contributed by atoms with Crippen LogP contribution in [0.1, 0.15) is 45.1 Å². The van der Waals surface area contributed by atoms with Crippen molar-refractivity contribution >= 4 is 5.96 Å².